The second kappa shape index (κ2) is 43.0. The van der Waals surface area contributed by atoms with Gasteiger partial charge in [-0.15, -0.1) is 0 Å². The third-order valence-electron chi connectivity index (χ3n) is 10.3. The summed E-state index contributed by atoms with van der Waals surface area (Å²) < 4.78 is 10.6. The SMILES string of the molecule is CCCCCC/C=C/CCCCCCCCCC(=O)OC[C@H](CO)OC(=O)CCCCCCCCCCCCCCCCCCCCCCCC. The Morgan fingerprint density at radius 2 is 0.725 bits per heavy atom. The maximum atomic E-state index is 12.2. The van der Waals surface area contributed by atoms with Crippen LogP contribution in [0, 0.1) is 0 Å². The first kappa shape index (κ1) is 49.6. The number of esters is 2. The van der Waals surface area contributed by atoms with Gasteiger partial charge in [0, 0.05) is 12.8 Å². The zero-order chi connectivity index (χ0) is 37.1. The highest BCUT2D eigenvalue weighted by Gasteiger charge is 2.16. The zero-order valence-electron chi connectivity index (χ0n) is 34.4. The number of hydrogen-bond donors (Lipinski definition) is 1. The number of aliphatic hydroxyl groups is 1. The van der Waals surface area contributed by atoms with Gasteiger partial charge in [0.15, 0.2) is 6.10 Å². The molecule has 0 saturated heterocycles. The molecule has 0 rings (SSSR count). The molecule has 1 N–H and O–H groups in total. The molecular formula is C46H88O5. The third kappa shape index (κ3) is 41.3. The first-order valence-corrected chi connectivity index (χ1v) is 22.7. The summed E-state index contributed by atoms with van der Waals surface area (Å²) in [6.45, 7) is 4.16. The van der Waals surface area contributed by atoms with E-state index in [1.165, 1.54) is 186 Å². The molecule has 51 heavy (non-hydrogen) atoms. The molecule has 1 atom stereocenters. The van der Waals surface area contributed by atoms with Gasteiger partial charge in [-0.2, -0.15) is 0 Å². The molecule has 0 heterocycles. The van der Waals surface area contributed by atoms with E-state index in [9.17, 15) is 14.7 Å². The molecule has 0 amide bonds. The predicted molar refractivity (Wildman–Crippen MR) is 219 cm³/mol. The number of carbonyl (C=O) groups is 2. The van der Waals surface area contributed by atoms with E-state index in [0.717, 1.165) is 38.5 Å². The minimum atomic E-state index is -0.767. The Bertz CT molecular complexity index is 735. The molecule has 0 bridgehead atoms. The number of aliphatic hydroxyl groups excluding tert-OH is 1. The summed E-state index contributed by atoms with van der Waals surface area (Å²) in [7, 11) is 0. The summed E-state index contributed by atoms with van der Waals surface area (Å²) in [6, 6.07) is 0. The van der Waals surface area contributed by atoms with Gasteiger partial charge in [-0.05, 0) is 38.5 Å². The largest absolute Gasteiger partial charge is 0.462 e. The number of ether oxygens (including phenoxy) is 2. The molecule has 0 unspecified atom stereocenters. The van der Waals surface area contributed by atoms with Crippen molar-refractivity contribution < 1.29 is 24.2 Å². The van der Waals surface area contributed by atoms with Crippen LogP contribution >= 0.6 is 0 Å². The van der Waals surface area contributed by atoms with Gasteiger partial charge in [-0.3, -0.25) is 9.59 Å². The summed E-state index contributed by atoms with van der Waals surface area (Å²) in [5.41, 5.74) is 0. The molecule has 0 aliphatic carbocycles. The second-order valence-corrected chi connectivity index (χ2v) is 15.5. The van der Waals surface area contributed by atoms with Crippen molar-refractivity contribution in [2.45, 2.75) is 258 Å². The molecule has 5 heteroatoms. The maximum absolute atomic E-state index is 12.2. The zero-order valence-corrected chi connectivity index (χ0v) is 34.4. The van der Waals surface area contributed by atoms with Crippen LogP contribution < -0.4 is 0 Å². The van der Waals surface area contributed by atoms with E-state index in [1.54, 1.807) is 0 Å². The Hall–Kier alpha value is -1.36. The van der Waals surface area contributed by atoms with Crippen LogP contribution in [0.4, 0.5) is 0 Å². The van der Waals surface area contributed by atoms with E-state index in [-0.39, 0.29) is 25.2 Å². The van der Waals surface area contributed by atoms with Crippen LogP contribution in [0.2, 0.25) is 0 Å². The van der Waals surface area contributed by atoms with Gasteiger partial charge in [0.25, 0.3) is 0 Å². The Morgan fingerprint density at radius 3 is 1.08 bits per heavy atom. The van der Waals surface area contributed by atoms with Crippen LogP contribution in [0.3, 0.4) is 0 Å². The van der Waals surface area contributed by atoms with E-state index < -0.39 is 6.10 Å². The minimum absolute atomic E-state index is 0.0619. The topological polar surface area (TPSA) is 72.8 Å². The molecule has 0 radical (unpaired) electrons. The molecule has 0 aliphatic heterocycles. The molecule has 302 valence electrons. The molecule has 0 aromatic heterocycles. The van der Waals surface area contributed by atoms with Gasteiger partial charge in [-0.25, -0.2) is 0 Å². The monoisotopic (exact) mass is 721 g/mol. The summed E-state index contributed by atoms with van der Waals surface area (Å²) in [5, 5.41) is 9.58. The number of unbranched alkanes of at least 4 members (excludes halogenated alkanes) is 32. The van der Waals surface area contributed by atoms with E-state index in [0.29, 0.717) is 12.8 Å². The average molecular weight is 721 g/mol. The van der Waals surface area contributed by atoms with Crippen molar-refractivity contribution in [3.63, 3.8) is 0 Å². The molecule has 0 saturated carbocycles. The lowest BCUT2D eigenvalue weighted by Crippen LogP contribution is -2.28. The van der Waals surface area contributed by atoms with Gasteiger partial charge in [0.05, 0.1) is 6.61 Å². The van der Waals surface area contributed by atoms with Gasteiger partial charge < -0.3 is 14.6 Å². The molecule has 0 fully saturated rings. The lowest BCUT2D eigenvalue weighted by Gasteiger charge is -2.15. The number of carbonyl (C=O) groups excluding carboxylic acids is 2. The van der Waals surface area contributed by atoms with E-state index in [1.807, 2.05) is 0 Å². The molecule has 0 spiro atoms. The van der Waals surface area contributed by atoms with Crippen LogP contribution in [0.1, 0.15) is 251 Å². The Kier molecular flexibility index (Phi) is 41.9. The Morgan fingerprint density at radius 1 is 0.431 bits per heavy atom. The van der Waals surface area contributed by atoms with Crippen LogP contribution in [0.5, 0.6) is 0 Å². The lowest BCUT2D eigenvalue weighted by atomic mass is 10.0. The summed E-state index contributed by atoms with van der Waals surface area (Å²) >= 11 is 0. The normalized spacial score (nSPS) is 12.1. The Balaban J connectivity index is 3.46. The highest BCUT2D eigenvalue weighted by atomic mass is 16.6. The van der Waals surface area contributed by atoms with Crippen molar-refractivity contribution in [1.29, 1.82) is 0 Å². The van der Waals surface area contributed by atoms with Crippen LogP contribution in [-0.2, 0) is 19.1 Å². The van der Waals surface area contributed by atoms with Gasteiger partial charge in [0.2, 0.25) is 0 Å². The highest BCUT2D eigenvalue weighted by molar-refractivity contribution is 5.70. The van der Waals surface area contributed by atoms with Crippen molar-refractivity contribution in [1.82, 2.24) is 0 Å². The fraction of sp³-hybridized carbons (Fsp3) is 0.913. The molecule has 0 aliphatic rings. The van der Waals surface area contributed by atoms with Crippen LogP contribution in [0.25, 0.3) is 0 Å². The van der Waals surface area contributed by atoms with Crippen LogP contribution in [-0.4, -0.2) is 36.4 Å². The molecular weight excluding hydrogens is 633 g/mol. The van der Waals surface area contributed by atoms with E-state index >= 15 is 0 Å². The van der Waals surface area contributed by atoms with Gasteiger partial charge in [-0.1, -0.05) is 212 Å². The van der Waals surface area contributed by atoms with Gasteiger partial charge >= 0.3 is 11.9 Å². The Labute approximate surface area is 318 Å². The summed E-state index contributed by atoms with van der Waals surface area (Å²) in [4.78, 5) is 24.3. The average Bonchev–Trinajstić information content (AvgIpc) is 3.13. The highest BCUT2D eigenvalue weighted by Crippen LogP contribution is 2.16. The van der Waals surface area contributed by atoms with Crippen molar-refractivity contribution in [2.24, 2.45) is 0 Å². The summed E-state index contributed by atoms with van der Waals surface area (Å²) in [6.07, 6.45) is 50.0. The fourth-order valence-electron chi connectivity index (χ4n) is 6.85. The second-order valence-electron chi connectivity index (χ2n) is 15.5. The van der Waals surface area contributed by atoms with Crippen molar-refractivity contribution in [2.75, 3.05) is 13.2 Å². The molecule has 0 aromatic carbocycles. The number of rotatable bonds is 42. The van der Waals surface area contributed by atoms with Crippen LogP contribution in [0.15, 0.2) is 12.2 Å². The van der Waals surface area contributed by atoms with Gasteiger partial charge in [0.1, 0.15) is 6.61 Å². The predicted octanol–water partition coefficient (Wildman–Crippen LogP) is 14.5. The first-order valence-electron chi connectivity index (χ1n) is 22.7. The smallest absolute Gasteiger partial charge is 0.306 e. The van der Waals surface area contributed by atoms with Crippen molar-refractivity contribution in [3.8, 4) is 0 Å². The minimum Gasteiger partial charge on any atom is -0.462 e. The molecule has 5 nitrogen and oxygen atoms in total. The molecule has 0 aromatic rings. The summed E-state index contributed by atoms with van der Waals surface area (Å²) in [5.74, 6) is -0.581. The quantitative estimate of drug-likeness (QED) is 0.0386. The first-order chi connectivity index (χ1) is 25.1. The van der Waals surface area contributed by atoms with Crippen molar-refractivity contribution in [3.05, 3.63) is 12.2 Å². The third-order valence-corrected chi connectivity index (χ3v) is 10.3. The standard InChI is InChI=1S/C46H88O5/c1-3-5-7-9-11-13-15-17-19-20-21-22-23-24-25-27-29-31-33-35-37-39-41-46(49)51-44(42-47)43-50-45(48)40-38-36-34-32-30-28-26-18-16-14-12-10-8-6-4-2/h14,16,44,47H,3-13,15,17-43H2,1-2H3/b16-14+/t44-/m0/s1. The number of allylic oxidation sites excluding steroid dienone is 2. The maximum Gasteiger partial charge on any atom is 0.306 e. The van der Waals surface area contributed by atoms with E-state index in [2.05, 4.69) is 26.0 Å². The fourth-order valence-corrected chi connectivity index (χ4v) is 6.85. The van der Waals surface area contributed by atoms with E-state index in [4.69, 9.17) is 9.47 Å². The van der Waals surface area contributed by atoms with Crippen molar-refractivity contribution >= 4 is 11.9 Å². The lowest BCUT2D eigenvalue weighted by molar-refractivity contribution is -0.161. The number of hydrogen-bond acceptors (Lipinski definition) is 5.